The molecule has 1 unspecified atom stereocenters. The minimum Gasteiger partial charge on any atom is -0.507 e. The number of carbonyl (C=O) groups is 1. The summed E-state index contributed by atoms with van der Waals surface area (Å²) in [7, 11) is 0. The SMILES string of the molecule is CC(NC(=O)c1ccc(Br)cc1O)c1cccnc1. The molecule has 1 atom stereocenters. The normalized spacial score (nSPS) is 11.9. The Morgan fingerprint density at radius 1 is 1.42 bits per heavy atom. The van der Waals surface area contributed by atoms with Crippen LogP contribution in [-0.4, -0.2) is 16.0 Å². The van der Waals surface area contributed by atoms with Gasteiger partial charge in [0.2, 0.25) is 0 Å². The zero-order valence-corrected chi connectivity index (χ0v) is 11.9. The van der Waals surface area contributed by atoms with E-state index >= 15 is 0 Å². The largest absolute Gasteiger partial charge is 0.507 e. The predicted molar refractivity (Wildman–Crippen MR) is 75.9 cm³/mol. The van der Waals surface area contributed by atoms with E-state index in [0.717, 1.165) is 10.0 Å². The average molecular weight is 321 g/mol. The summed E-state index contributed by atoms with van der Waals surface area (Å²) in [6.45, 7) is 1.87. The van der Waals surface area contributed by atoms with E-state index in [1.165, 1.54) is 6.07 Å². The molecule has 0 aliphatic heterocycles. The van der Waals surface area contributed by atoms with Crippen molar-refractivity contribution in [2.45, 2.75) is 13.0 Å². The number of aromatic nitrogens is 1. The molecule has 19 heavy (non-hydrogen) atoms. The molecular formula is C14H13BrN2O2. The van der Waals surface area contributed by atoms with Crippen molar-refractivity contribution >= 4 is 21.8 Å². The maximum atomic E-state index is 12.1. The van der Waals surface area contributed by atoms with Crippen LogP contribution >= 0.6 is 15.9 Å². The summed E-state index contributed by atoms with van der Waals surface area (Å²) >= 11 is 3.23. The third-order valence-corrected chi connectivity index (χ3v) is 3.23. The van der Waals surface area contributed by atoms with Crippen molar-refractivity contribution in [3.63, 3.8) is 0 Å². The van der Waals surface area contributed by atoms with Gasteiger partial charge in [-0.2, -0.15) is 0 Å². The lowest BCUT2D eigenvalue weighted by Gasteiger charge is -2.14. The minimum absolute atomic E-state index is 0.0507. The van der Waals surface area contributed by atoms with Gasteiger partial charge >= 0.3 is 0 Å². The second-order valence-corrected chi connectivity index (χ2v) is 5.06. The highest BCUT2D eigenvalue weighted by atomic mass is 79.9. The van der Waals surface area contributed by atoms with Gasteiger partial charge in [0.15, 0.2) is 0 Å². The second-order valence-electron chi connectivity index (χ2n) is 4.14. The summed E-state index contributed by atoms with van der Waals surface area (Å²) in [5.41, 5.74) is 1.16. The van der Waals surface area contributed by atoms with Crippen molar-refractivity contribution in [2.24, 2.45) is 0 Å². The van der Waals surface area contributed by atoms with E-state index in [1.807, 2.05) is 19.1 Å². The lowest BCUT2D eigenvalue weighted by Crippen LogP contribution is -2.26. The Hall–Kier alpha value is -1.88. The highest BCUT2D eigenvalue weighted by Gasteiger charge is 2.14. The van der Waals surface area contributed by atoms with Crippen molar-refractivity contribution in [1.82, 2.24) is 10.3 Å². The Bertz CT molecular complexity index is 587. The summed E-state index contributed by atoms with van der Waals surface area (Å²) in [6.07, 6.45) is 3.38. The third kappa shape index (κ3) is 3.32. The minimum atomic E-state index is -0.318. The van der Waals surface area contributed by atoms with E-state index in [1.54, 1.807) is 24.5 Å². The monoisotopic (exact) mass is 320 g/mol. The van der Waals surface area contributed by atoms with Crippen molar-refractivity contribution in [3.8, 4) is 5.75 Å². The van der Waals surface area contributed by atoms with E-state index in [4.69, 9.17) is 0 Å². The summed E-state index contributed by atoms with van der Waals surface area (Å²) in [4.78, 5) is 16.1. The Morgan fingerprint density at radius 3 is 2.84 bits per heavy atom. The third-order valence-electron chi connectivity index (χ3n) is 2.74. The lowest BCUT2D eigenvalue weighted by atomic mass is 10.1. The van der Waals surface area contributed by atoms with Gasteiger partial charge in [-0.1, -0.05) is 22.0 Å². The maximum absolute atomic E-state index is 12.1. The van der Waals surface area contributed by atoms with E-state index in [2.05, 4.69) is 26.2 Å². The van der Waals surface area contributed by atoms with Crippen LogP contribution in [0.25, 0.3) is 0 Å². The molecule has 0 spiro atoms. The molecule has 4 nitrogen and oxygen atoms in total. The number of halogens is 1. The first kappa shape index (κ1) is 13.5. The molecule has 0 bridgehead atoms. The van der Waals surface area contributed by atoms with Crippen LogP contribution in [0.4, 0.5) is 0 Å². The highest BCUT2D eigenvalue weighted by molar-refractivity contribution is 9.10. The van der Waals surface area contributed by atoms with Gasteiger partial charge in [-0.3, -0.25) is 9.78 Å². The first-order chi connectivity index (χ1) is 9.08. The smallest absolute Gasteiger partial charge is 0.255 e. The van der Waals surface area contributed by atoms with Crippen molar-refractivity contribution in [3.05, 3.63) is 58.3 Å². The molecule has 5 heteroatoms. The molecule has 1 heterocycles. The van der Waals surface area contributed by atoms with Crippen LogP contribution in [0.15, 0.2) is 47.2 Å². The number of pyridine rings is 1. The Kier molecular flexibility index (Phi) is 4.16. The molecule has 0 radical (unpaired) electrons. The molecule has 0 aliphatic rings. The summed E-state index contributed by atoms with van der Waals surface area (Å²) in [5, 5.41) is 12.6. The molecule has 2 rings (SSSR count). The van der Waals surface area contributed by atoms with Crippen LogP contribution < -0.4 is 5.32 Å². The van der Waals surface area contributed by atoms with Crippen LogP contribution in [0, 0.1) is 0 Å². The molecule has 2 N–H and O–H groups in total. The fourth-order valence-electron chi connectivity index (χ4n) is 1.69. The van der Waals surface area contributed by atoms with Gasteiger partial charge in [0, 0.05) is 16.9 Å². The van der Waals surface area contributed by atoms with Gasteiger partial charge in [0.05, 0.1) is 11.6 Å². The second kappa shape index (κ2) is 5.84. The van der Waals surface area contributed by atoms with Crippen LogP contribution in [0.3, 0.4) is 0 Å². The summed E-state index contributed by atoms with van der Waals surface area (Å²) < 4.78 is 0.724. The topological polar surface area (TPSA) is 62.2 Å². The molecule has 0 aliphatic carbocycles. The number of rotatable bonds is 3. The van der Waals surface area contributed by atoms with Gasteiger partial charge in [0.25, 0.3) is 5.91 Å². The number of carbonyl (C=O) groups excluding carboxylic acids is 1. The standard InChI is InChI=1S/C14H13BrN2O2/c1-9(10-3-2-6-16-8-10)17-14(19)12-5-4-11(15)7-13(12)18/h2-9,18H,1H3,(H,17,19). The number of amides is 1. The van der Waals surface area contributed by atoms with Crippen molar-refractivity contribution < 1.29 is 9.90 Å². The Labute approximate surface area is 119 Å². The van der Waals surface area contributed by atoms with Crippen LogP contribution in [0.1, 0.15) is 28.9 Å². The fourth-order valence-corrected chi connectivity index (χ4v) is 2.04. The molecule has 1 aromatic carbocycles. The zero-order chi connectivity index (χ0) is 13.8. The molecular weight excluding hydrogens is 308 g/mol. The number of hydrogen-bond donors (Lipinski definition) is 2. The van der Waals surface area contributed by atoms with Crippen molar-refractivity contribution in [2.75, 3.05) is 0 Å². The molecule has 1 amide bonds. The van der Waals surface area contributed by atoms with Gasteiger partial charge in [-0.15, -0.1) is 0 Å². The molecule has 0 saturated carbocycles. The lowest BCUT2D eigenvalue weighted by molar-refractivity contribution is 0.0937. The zero-order valence-electron chi connectivity index (χ0n) is 10.3. The van der Waals surface area contributed by atoms with Crippen LogP contribution in [0.5, 0.6) is 5.75 Å². The van der Waals surface area contributed by atoms with Gasteiger partial charge in [0.1, 0.15) is 5.75 Å². The molecule has 0 saturated heterocycles. The molecule has 98 valence electrons. The summed E-state index contributed by atoms with van der Waals surface area (Å²) in [6, 6.07) is 8.30. The van der Waals surface area contributed by atoms with E-state index in [0.29, 0.717) is 0 Å². The number of phenols is 1. The predicted octanol–water partition coefficient (Wildman–Crippen LogP) is 3.04. The van der Waals surface area contributed by atoms with Crippen molar-refractivity contribution in [1.29, 1.82) is 0 Å². The first-order valence-electron chi connectivity index (χ1n) is 5.77. The number of phenolic OH excluding ortho intramolecular Hbond substituents is 1. The average Bonchev–Trinajstić information content (AvgIpc) is 2.39. The number of nitrogens with zero attached hydrogens (tertiary/aromatic N) is 1. The quantitative estimate of drug-likeness (QED) is 0.913. The van der Waals surface area contributed by atoms with Crippen LogP contribution in [-0.2, 0) is 0 Å². The first-order valence-corrected chi connectivity index (χ1v) is 6.56. The molecule has 1 aromatic heterocycles. The number of aromatic hydroxyl groups is 1. The maximum Gasteiger partial charge on any atom is 0.255 e. The van der Waals surface area contributed by atoms with E-state index in [9.17, 15) is 9.90 Å². The molecule has 0 fully saturated rings. The van der Waals surface area contributed by atoms with Crippen LogP contribution in [0.2, 0.25) is 0 Å². The number of nitrogens with one attached hydrogen (secondary N) is 1. The highest BCUT2D eigenvalue weighted by Crippen LogP contribution is 2.23. The Morgan fingerprint density at radius 2 is 2.21 bits per heavy atom. The van der Waals surface area contributed by atoms with E-state index in [-0.39, 0.29) is 23.3 Å². The van der Waals surface area contributed by atoms with Gasteiger partial charge in [-0.25, -0.2) is 0 Å². The van der Waals surface area contributed by atoms with Gasteiger partial charge in [-0.05, 0) is 36.8 Å². The fraction of sp³-hybridized carbons (Fsp3) is 0.143. The van der Waals surface area contributed by atoms with Gasteiger partial charge < -0.3 is 10.4 Å². The number of benzene rings is 1. The molecule has 2 aromatic rings. The summed E-state index contributed by atoms with van der Waals surface area (Å²) in [5.74, 6) is -0.369. The number of hydrogen-bond acceptors (Lipinski definition) is 3. The Balaban J connectivity index is 2.13. The van der Waals surface area contributed by atoms with E-state index < -0.39 is 0 Å².